The van der Waals surface area contributed by atoms with Gasteiger partial charge in [-0.25, -0.2) is 13.8 Å². The predicted molar refractivity (Wildman–Crippen MR) is 105 cm³/mol. The van der Waals surface area contributed by atoms with Crippen molar-refractivity contribution < 1.29 is 19.3 Å². The molecule has 0 bridgehead atoms. The fourth-order valence-corrected chi connectivity index (χ4v) is 3.82. The second-order valence-corrected chi connectivity index (χ2v) is 7.17. The molecular weight excluding hydrogens is 432 g/mol. The van der Waals surface area contributed by atoms with E-state index in [1.54, 1.807) is 4.90 Å². The highest BCUT2D eigenvalue weighted by molar-refractivity contribution is 9.10. The van der Waals surface area contributed by atoms with Gasteiger partial charge in [-0.2, -0.15) is 4.98 Å². The molecule has 0 fully saturated rings. The lowest BCUT2D eigenvalue weighted by Gasteiger charge is -2.28. The van der Waals surface area contributed by atoms with Crippen LogP contribution < -0.4 is 10.6 Å². The zero-order valence-electron chi connectivity index (χ0n) is 14.5. The third-order valence-electron chi connectivity index (χ3n) is 4.52. The van der Waals surface area contributed by atoms with Gasteiger partial charge in [0, 0.05) is 22.3 Å². The summed E-state index contributed by atoms with van der Waals surface area (Å²) in [5.74, 6) is -3.67. The lowest BCUT2D eigenvalue weighted by Crippen LogP contribution is -2.43. The Morgan fingerprint density at radius 3 is 2.75 bits per heavy atom. The lowest BCUT2D eigenvalue weighted by atomic mass is 10.0. The maximum Gasteiger partial charge on any atom is 0.353 e. The molecule has 1 aliphatic heterocycles. The van der Waals surface area contributed by atoms with Gasteiger partial charge in [0.2, 0.25) is 0 Å². The lowest BCUT2D eigenvalue weighted by molar-refractivity contribution is -0.151. The Balaban J connectivity index is 2.07. The van der Waals surface area contributed by atoms with E-state index in [4.69, 9.17) is 12.6 Å². The number of fused-ring (bicyclic) bond motifs is 2. The van der Waals surface area contributed by atoms with Crippen molar-refractivity contribution in [1.82, 2.24) is 9.55 Å². The Kier molecular flexibility index (Phi) is 4.74. The standard InChI is InChI=1S/C18H14BBrFN3O4/c19-18(26,27)24-14-6-2-4-12(21)15(14)16(22-17(24)25)23-7-8-28-9-10-11(20)3-1-5-13(10)23/h1-6,26-27H,7-9H2. The molecule has 0 unspecified atom stereocenters. The number of benzene rings is 2. The van der Waals surface area contributed by atoms with Crippen LogP contribution in [-0.4, -0.2) is 40.8 Å². The number of ether oxygens (including phenoxy) is 1. The van der Waals surface area contributed by atoms with Gasteiger partial charge < -0.3 is 19.8 Å². The minimum atomic E-state index is -3.03. The molecule has 0 saturated carbocycles. The molecule has 2 aromatic carbocycles. The Bertz CT molecular complexity index is 1130. The number of aliphatic hydroxyl groups is 2. The molecule has 1 aliphatic rings. The first kappa shape index (κ1) is 19.1. The van der Waals surface area contributed by atoms with Crippen molar-refractivity contribution in [3.8, 4) is 0 Å². The molecular formula is C18H14BBrFN3O4. The number of anilines is 2. The van der Waals surface area contributed by atoms with Crippen LogP contribution in [0.5, 0.6) is 0 Å². The summed E-state index contributed by atoms with van der Waals surface area (Å²) in [5.41, 5.74) is 0.410. The van der Waals surface area contributed by atoms with Gasteiger partial charge in [0.15, 0.2) is 19.5 Å². The van der Waals surface area contributed by atoms with E-state index in [1.807, 2.05) is 18.2 Å². The van der Waals surface area contributed by atoms with Gasteiger partial charge in [-0.3, -0.25) is 0 Å². The highest BCUT2D eigenvalue weighted by Gasteiger charge is 2.28. The van der Waals surface area contributed by atoms with Crippen LogP contribution in [0.1, 0.15) is 5.56 Å². The molecule has 3 aromatic rings. The monoisotopic (exact) mass is 445 g/mol. The molecule has 0 amide bonds. The third kappa shape index (κ3) is 3.12. The summed E-state index contributed by atoms with van der Waals surface area (Å²) >= 11 is 3.48. The van der Waals surface area contributed by atoms with Crippen LogP contribution in [0.2, 0.25) is 0 Å². The summed E-state index contributed by atoms with van der Waals surface area (Å²) < 4.78 is 21.7. The number of aromatic nitrogens is 2. The van der Waals surface area contributed by atoms with E-state index in [1.165, 1.54) is 18.2 Å². The van der Waals surface area contributed by atoms with Crippen LogP contribution in [0.3, 0.4) is 0 Å². The number of halogens is 2. The number of rotatable bonds is 2. The molecule has 10 heteroatoms. The molecule has 2 heterocycles. The fourth-order valence-electron chi connectivity index (χ4n) is 3.35. The Hall–Kier alpha value is -2.27. The van der Waals surface area contributed by atoms with E-state index in [0.29, 0.717) is 30.0 Å². The van der Waals surface area contributed by atoms with Crippen molar-refractivity contribution in [3.63, 3.8) is 0 Å². The van der Waals surface area contributed by atoms with Gasteiger partial charge in [-0.1, -0.05) is 28.1 Å². The summed E-state index contributed by atoms with van der Waals surface area (Å²) in [6.45, 7) is 0.974. The molecule has 0 aliphatic carbocycles. The van der Waals surface area contributed by atoms with Gasteiger partial charge in [0.1, 0.15) is 5.82 Å². The van der Waals surface area contributed by atoms with E-state index in [2.05, 4.69) is 20.9 Å². The van der Waals surface area contributed by atoms with Crippen molar-refractivity contribution in [2.75, 3.05) is 18.1 Å². The number of hydrogen-bond donors (Lipinski definition) is 2. The van der Waals surface area contributed by atoms with Crippen molar-refractivity contribution in [2.24, 2.45) is 0 Å². The van der Waals surface area contributed by atoms with Crippen LogP contribution in [-0.2, 0) is 17.2 Å². The highest BCUT2D eigenvalue weighted by Crippen LogP contribution is 2.37. The summed E-state index contributed by atoms with van der Waals surface area (Å²) in [5, 5.41) is 19.5. The minimum Gasteiger partial charge on any atom is -0.375 e. The second kappa shape index (κ2) is 6.96. The van der Waals surface area contributed by atoms with Crippen molar-refractivity contribution in [2.45, 2.75) is 12.4 Å². The molecule has 4 rings (SSSR count). The smallest absolute Gasteiger partial charge is 0.353 e. The van der Waals surface area contributed by atoms with Gasteiger partial charge in [0.25, 0.3) is 0 Å². The SMILES string of the molecule is [B]C(O)(O)n1c(=O)nc(N2CCOCc3c(Br)cccc32)c2c(F)cccc21. The summed E-state index contributed by atoms with van der Waals surface area (Å²) in [7, 11) is 5.30. The Labute approximate surface area is 168 Å². The average molecular weight is 446 g/mol. The van der Waals surface area contributed by atoms with E-state index in [0.717, 1.165) is 10.0 Å². The van der Waals surface area contributed by atoms with Gasteiger partial charge in [-0.15, -0.1) is 0 Å². The molecule has 0 atom stereocenters. The molecule has 2 N–H and O–H groups in total. The maximum atomic E-state index is 14.8. The predicted octanol–water partition coefficient (Wildman–Crippen LogP) is 1.69. The largest absolute Gasteiger partial charge is 0.375 e. The van der Waals surface area contributed by atoms with Crippen LogP contribution in [0.4, 0.5) is 15.9 Å². The molecule has 0 spiro atoms. The van der Waals surface area contributed by atoms with Crippen LogP contribution in [0, 0.1) is 5.82 Å². The van der Waals surface area contributed by atoms with Gasteiger partial charge >= 0.3 is 5.69 Å². The highest BCUT2D eigenvalue weighted by atomic mass is 79.9. The van der Waals surface area contributed by atoms with Gasteiger partial charge in [-0.05, 0) is 24.3 Å². The quantitative estimate of drug-likeness (QED) is 0.461. The molecule has 2 radical (unpaired) electrons. The van der Waals surface area contributed by atoms with Crippen molar-refractivity contribution >= 4 is 46.2 Å². The minimum absolute atomic E-state index is 0.0449. The van der Waals surface area contributed by atoms with Crippen LogP contribution in [0.15, 0.2) is 45.7 Å². The summed E-state index contributed by atoms with van der Waals surface area (Å²) in [4.78, 5) is 18.2. The number of nitrogens with zero attached hydrogens (tertiary/aromatic N) is 3. The first-order valence-electron chi connectivity index (χ1n) is 8.37. The van der Waals surface area contributed by atoms with Crippen molar-refractivity contribution in [3.05, 3.63) is 62.7 Å². The zero-order valence-corrected chi connectivity index (χ0v) is 16.1. The van der Waals surface area contributed by atoms with Crippen LogP contribution >= 0.6 is 15.9 Å². The normalized spacial score (nSPS) is 14.8. The van der Waals surface area contributed by atoms with E-state index >= 15 is 0 Å². The topological polar surface area (TPSA) is 87.8 Å². The van der Waals surface area contributed by atoms with E-state index in [-0.39, 0.29) is 16.7 Å². The summed E-state index contributed by atoms with van der Waals surface area (Å²) in [6.07, 6.45) is 0. The Morgan fingerprint density at radius 1 is 1.25 bits per heavy atom. The molecule has 28 heavy (non-hydrogen) atoms. The maximum absolute atomic E-state index is 14.8. The van der Waals surface area contributed by atoms with Crippen LogP contribution in [0.25, 0.3) is 10.9 Å². The molecule has 0 saturated heterocycles. The molecule has 7 nitrogen and oxygen atoms in total. The average Bonchev–Trinajstić information content (AvgIpc) is 2.83. The Morgan fingerprint density at radius 2 is 2.00 bits per heavy atom. The summed E-state index contributed by atoms with van der Waals surface area (Å²) in [6, 6.07) is 9.41. The third-order valence-corrected chi connectivity index (χ3v) is 5.27. The fraction of sp³-hybridized carbons (Fsp3) is 0.222. The number of hydrogen-bond acceptors (Lipinski definition) is 6. The first-order chi connectivity index (χ1) is 13.3. The second-order valence-electron chi connectivity index (χ2n) is 6.32. The molecule has 1 aromatic heterocycles. The molecule has 142 valence electrons. The van der Waals surface area contributed by atoms with E-state index in [9.17, 15) is 19.4 Å². The van der Waals surface area contributed by atoms with Crippen molar-refractivity contribution in [1.29, 1.82) is 0 Å². The first-order valence-corrected chi connectivity index (χ1v) is 9.16. The zero-order chi connectivity index (χ0) is 20.1. The van der Waals surface area contributed by atoms with E-state index < -0.39 is 17.3 Å². The van der Waals surface area contributed by atoms with Gasteiger partial charge in [0.05, 0.1) is 24.1 Å².